The third-order valence-corrected chi connectivity index (χ3v) is 3.60. The lowest BCUT2D eigenvalue weighted by Crippen LogP contribution is -2.12. The summed E-state index contributed by atoms with van der Waals surface area (Å²) in [5.74, 6) is 1.54. The highest BCUT2D eigenvalue weighted by molar-refractivity contribution is 6.32. The number of alkyl halides is 4. The minimum Gasteiger partial charge on any atom is -0.489 e. The van der Waals surface area contributed by atoms with Gasteiger partial charge in [0.15, 0.2) is 0 Å². The number of halogens is 5. The molecule has 0 aromatic heterocycles. The van der Waals surface area contributed by atoms with Crippen LogP contribution in [0.5, 0.6) is 17.2 Å². The summed E-state index contributed by atoms with van der Waals surface area (Å²) in [4.78, 5) is 0. The SMILES string of the molecule is CC(CCl)Oc1ccc(Oc2ccc(C(F)(F)F)cc2Cl)cc1. The molecule has 1 unspecified atom stereocenters. The van der Waals surface area contributed by atoms with Crippen molar-refractivity contribution in [3.05, 3.63) is 53.1 Å². The summed E-state index contributed by atoms with van der Waals surface area (Å²) >= 11 is 11.5. The van der Waals surface area contributed by atoms with E-state index >= 15 is 0 Å². The van der Waals surface area contributed by atoms with E-state index in [1.807, 2.05) is 6.92 Å². The molecule has 0 aliphatic heterocycles. The second-order valence-electron chi connectivity index (χ2n) is 4.80. The van der Waals surface area contributed by atoms with E-state index in [4.69, 9.17) is 32.7 Å². The first kappa shape index (κ1) is 17.8. The van der Waals surface area contributed by atoms with Gasteiger partial charge in [-0.05, 0) is 49.4 Å². The normalized spacial score (nSPS) is 12.8. The molecule has 0 saturated carbocycles. The Hall–Kier alpha value is -1.59. The standard InChI is InChI=1S/C16H13Cl2F3O2/c1-10(9-17)22-12-3-5-13(6-4-12)23-15-7-2-11(8-14(15)18)16(19,20)21/h2-8,10H,9H2,1H3. The van der Waals surface area contributed by atoms with Gasteiger partial charge >= 0.3 is 6.18 Å². The summed E-state index contributed by atoms with van der Waals surface area (Å²) < 4.78 is 48.7. The number of hydrogen-bond acceptors (Lipinski definition) is 2. The van der Waals surface area contributed by atoms with E-state index in [1.165, 1.54) is 6.07 Å². The zero-order valence-electron chi connectivity index (χ0n) is 12.0. The van der Waals surface area contributed by atoms with Crippen LogP contribution in [0.2, 0.25) is 5.02 Å². The molecule has 2 aromatic rings. The molecular weight excluding hydrogens is 352 g/mol. The first-order valence-corrected chi connectivity index (χ1v) is 7.58. The lowest BCUT2D eigenvalue weighted by atomic mass is 10.2. The van der Waals surface area contributed by atoms with Crippen molar-refractivity contribution in [3.8, 4) is 17.2 Å². The number of hydrogen-bond donors (Lipinski definition) is 0. The molecule has 0 heterocycles. The van der Waals surface area contributed by atoms with Crippen LogP contribution in [0.1, 0.15) is 12.5 Å². The zero-order valence-corrected chi connectivity index (χ0v) is 13.5. The molecule has 0 fully saturated rings. The third-order valence-electron chi connectivity index (χ3n) is 2.87. The molecule has 0 aliphatic carbocycles. The second-order valence-corrected chi connectivity index (χ2v) is 5.52. The molecule has 0 bridgehead atoms. The molecule has 2 rings (SSSR count). The van der Waals surface area contributed by atoms with Gasteiger partial charge in [-0.1, -0.05) is 11.6 Å². The van der Waals surface area contributed by atoms with E-state index in [1.54, 1.807) is 24.3 Å². The van der Waals surface area contributed by atoms with Crippen LogP contribution >= 0.6 is 23.2 Å². The van der Waals surface area contributed by atoms with Crippen LogP contribution < -0.4 is 9.47 Å². The summed E-state index contributed by atoms with van der Waals surface area (Å²) in [7, 11) is 0. The Morgan fingerprint density at radius 3 is 2.17 bits per heavy atom. The summed E-state index contributed by atoms with van der Waals surface area (Å²) in [5.41, 5.74) is -0.825. The van der Waals surface area contributed by atoms with Crippen LogP contribution in [0.15, 0.2) is 42.5 Å². The predicted octanol–water partition coefficient (Wildman–Crippen LogP) is 6.16. The van der Waals surface area contributed by atoms with Crippen molar-refractivity contribution in [2.75, 3.05) is 5.88 Å². The van der Waals surface area contributed by atoms with Crippen molar-refractivity contribution >= 4 is 23.2 Å². The van der Waals surface area contributed by atoms with E-state index in [9.17, 15) is 13.2 Å². The van der Waals surface area contributed by atoms with E-state index < -0.39 is 11.7 Å². The number of ether oxygens (including phenoxy) is 2. The molecule has 0 amide bonds. The average molecular weight is 365 g/mol. The van der Waals surface area contributed by atoms with Crippen LogP contribution in [0.25, 0.3) is 0 Å². The summed E-state index contributed by atoms with van der Waals surface area (Å²) in [6.45, 7) is 1.83. The highest BCUT2D eigenvalue weighted by Gasteiger charge is 2.31. The van der Waals surface area contributed by atoms with E-state index in [0.29, 0.717) is 17.4 Å². The molecule has 1 atom stereocenters. The number of benzene rings is 2. The van der Waals surface area contributed by atoms with Gasteiger partial charge in [-0.2, -0.15) is 13.2 Å². The number of rotatable bonds is 5. The molecular formula is C16H13Cl2F3O2. The second kappa shape index (κ2) is 7.32. The van der Waals surface area contributed by atoms with Gasteiger partial charge < -0.3 is 9.47 Å². The van der Waals surface area contributed by atoms with Gasteiger partial charge in [0.2, 0.25) is 0 Å². The Bertz CT molecular complexity index is 657. The molecule has 0 spiro atoms. The molecule has 2 nitrogen and oxygen atoms in total. The van der Waals surface area contributed by atoms with Crippen molar-refractivity contribution in [2.45, 2.75) is 19.2 Å². The van der Waals surface area contributed by atoms with Gasteiger partial charge in [0.25, 0.3) is 0 Å². The zero-order chi connectivity index (χ0) is 17.0. The third kappa shape index (κ3) is 4.94. The molecule has 124 valence electrons. The van der Waals surface area contributed by atoms with Crippen LogP contribution in [-0.2, 0) is 6.18 Å². The largest absolute Gasteiger partial charge is 0.489 e. The van der Waals surface area contributed by atoms with Gasteiger partial charge in [0.1, 0.15) is 23.4 Å². The minimum absolute atomic E-state index is 0.115. The quantitative estimate of drug-likeness (QED) is 0.591. The lowest BCUT2D eigenvalue weighted by Gasteiger charge is -2.13. The fourth-order valence-corrected chi connectivity index (χ4v) is 2.02. The van der Waals surface area contributed by atoms with Crippen molar-refractivity contribution in [1.29, 1.82) is 0 Å². The van der Waals surface area contributed by atoms with Crippen LogP contribution in [0.4, 0.5) is 13.2 Å². The Labute approximate surface area is 141 Å². The maximum absolute atomic E-state index is 12.6. The molecule has 0 N–H and O–H groups in total. The average Bonchev–Trinajstić information content (AvgIpc) is 2.50. The highest BCUT2D eigenvalue weighted by atomic mass is 35.5. The van der Waals surface area contributed by atoms with Crippen LogP contribution in [0, 0.1) is 0 Å². The van der Waals surface area contributed by atoms with Crippen LogP contribution in [0.3, 0.4) is 0 Å². The first-order chi connectivity index (χ1) is 10.8. The van der Waals surface area contributed by atoms with Crippen molar-refractivity contribution in [3.63, 3.8) is 0 Å². The van der Waals surface area contributed by atoms with E-state index in [-0.39, 0.29) is 16.9 Å². The van der Waals surface area contributed by atoms with E-state index in [0.717, 1.165) is 12.1 Å². The van der Waals surface area contributed by atoms with Gasteiger partial charge in [0.05, 0.1) is 16.5 Å². The fourth-order valence-electron chi connectivity index (χ4n) is 1.74. The minimum atomic E-state index is -4.44. The Balaban J connectivity index is 2.10. The van der Waals surface area contributed by atoms with E-state index in [2.05, 4.69) is 0 Å². The maximum atomic E-state index is 12.6. The fraction of sp³-hybridized carbons (Fsp3) is 0.250. The highest BCUT2D eigenvalue weighted by Crippen LogP contribution is 2.36. The summed E-state index contributed by atoms with van der Waals surface area (Å²) in [6, 6.07) is 9.55. The molecule has 0 aliphatic rings. The van der Waals surface area contributed by atoms with Gasteiger partial charge in [-0.15, -0.1) is 11.6 Å². The van der Waals surface area contributed by atoms with Crippen molar-refractivity contribution < 1.29 is 22.6 Å². The van der Waals surface area contributed by atoms with Gasteiger partial charge in [-0.25, -0.2) is 0 Å². The summed E-state index contributed by atoms with van der Waals surface area (Å²) in [5, 5.41) is -0.115. The van der Waals surface area contributed by atoms with Gasteiger partial charge in [-0.3, -0.25) is 0 Å². The molecule has 23 heavy (non-hydrogen) atoms. The molecule has 0 radical (unpaired) electrons. The smallest absolute Gasteiger partial charge is 0.416 e. The van der Waals surface area contributed by atoms with Gasteiger partial charge in [0, 0.05) is 0 Å². The Morgan fingerprint density at radius 1 is 1.04 bits per heavy atom. The Morgan fingerprint density at radius 2 is 1.65 bits per heavy atom. The predicted molar refractivity (Wildman–Crippen MR) is 83.8 cm³/mol. The molecule has 2 aromatic carbocycles. The first-order valence-electron chi connectivity index (χ1n) is 6.67. The summed E-state index contributed by atoms with van der Waals surface area (Å²) in [6.07, 6.45) is -4.58. The monoisotopic (exact) mass is 364 g/mol. The van der Waals surface area contributed by atoms with Crippen molar-refractivity contribution in [2.24, 2.45) is 0 Å². The molecule has 7 heteroatoms. The maximum Gasteiger partial charge on any atom is 0.416 e. The van der Waals surface area contributed by atoms with Crippen LogP contribution in [-0.4, -0.2) is 12.0 Å². The van der Waals surface area contributed by atoms with Crippen molar-refractivity contribution in [1.82, 2.24) is 0 Å². The Kier molecular flexibility index (Phi) is 5.65. The lowest BCUT2D eigenvalue weighted by molar-refractivity contribution is -0.137. The topological polar surface area (TPSA) is 18.5 Å². The molecule has 0 saturated heterocycles.